The zero-order valence-corrected chi connectivity index (χ0v) is 9.71. The van der Waals surface area contributed by atoms with E-state index in [0.29, 0.717) is 18.8 Å². The zero-order valence-electron chi connectivity index (χ0n) is 9.71. The van der Waals surface area contributed by atoms with Crippen LogP contribution in [0.4, 0.5) is 18.9 Å². The van der Waals surface area contributed by atoms with E-state index in [2.05, 4.69) is 0 Å². The van der Waals surface area contributed by atoms with Crippen LogP contribution >= 0.6 is 0 Å². The third-order valence-corrected chi connectivity index (χ3v) is 2.60. The van der Waals surface area contributed by atoms with Crippen molar-refractivity contribution >= 4 is 12.0 Å². The molecule has 0 aliphatic rings. The van der Waals surface area contributed by atoms with Gasteiger partial charge in [0.1, 0.15) is 0 Å². The highest BCUT2D eigenvalue weighted by atomic mass is 19.4. The van der Waals surface area contributed by atoms with Crippen LogP contribution in [0.25, 0.3) is 0 Å². The molecule has 0 spiro atoms. The van der Waals surface area contributed by atoms with Crippen molar-refractivity contribution in [2.75, 3.05) is 18.0 Å². The van der Waals surface area contributed by atoms with Crippen LogP contribution in [0.2, 0.25) is 0 Å². The Balaban J connectivity index is 3.26. The normalized spacial score (nSPS) is 11.4. The number of hydrogen-bond acceptors (Lipinski definition) is 2. The molecular weight excluding hydrogens is 231 g/mol. The van der Waals surface area contributed by atoms with Gasteiger partial charge in [0.15, 0.2) is 6.29 Å². The Kier molecular flexibility index (Phi) is 4.15. The van der Waals surface area contributed by atoms with Gasteiger partial charge in [0.2, 0.25) is 0 Å². The van der Waals surface area contributed by atoms with Crippen molar-refractivity contribution in [2.45, 2.75) is 20.0 Å². The van der Waals surface area contributed by atoms with Crippen molar-refractivity contribution in [3.63, 3.8) is 0 Å². The number of anilines is 1. The van der Waals surface area contributed by atoms with Crippen molar-refractivity contribution < 1.29 is 18.0 Å². The van der Waals surface area contributed by atoms with E-state index in [0.717, 1.165) is 6.07 Å². The molecule has 0 atom stereocenters. The van der Waals surface area contributed by atoms with Crippen LogP contribution in [-0.4, -0.2) is 19.4 Å². The summed E-state index contributed by atoms with van der Waals surface area (Å²) in [5.74, 6) is 0. The minimum atomic E-state index is -4.50. The maximum atomic E-state index is 12.7. The number of hydrogen-bond donors (Lipinski definition) is 0. The van der Waals surface area contributed by atoms with Crippen molar-refractivity contribution in [3.05, 3.63) is 29.3 Å². The van der Waals surface area contributed by atoms with Gasteiger partial charge in [0.05, 0.1) is 5.56 Å². The first-order valence-electron chi connectivity index (χ1n) is 5.35. The summed E-state index contributed by atoms with van der Waals surface area (Å²) >= 11 is 0. The van der Waals surface area contributed by atoms with E-state index in [-0.39, 0.29) is 11.8 Å². The summed E-state index contributed by atoms with van der Waals surface area (Å²) in [7, 11) is 0. The highest BCUT2D eigenvalue weighted by Gasteiger charge is 2.33. The van der Waals surface area contributed by atoms with Crippen LogP contribution in [0, 0.1) is 0 Å². The summed E-state index contributed by atoms with van der Waals surface area (Å²) < 4.78 is 38.1. The fraction of sp³-hybridized carbons (Fsp3) is 0.417. The summed E-state index contributed by atoms with van der Waals surface area (Å²) in [4.78, 5) is 12.4. The molecule has 1 rings (SSSR count). The molecule has 0 saturated carbocycles. The van der Waals surface area contributed by atoms with Crippen molar-refractivity contribution in [3.8, 4) is 0 Å². The van der Waals surface area contributed by atoms with Gasteiger partial charge in [-0.15, -0.1) is 0 Å². The second-order valence-corrected chi connectivity index (χ2v) is 3.56. The van der Waals surface area contributed by atoms with E-state index >= 15 is 0 Å². The molecule has 0 bridgehead atoms. The standard InChI is InChI=1S/C12H14F3NO/c1-3-16(4-2)10-6-5-9(8-17)11(7-10)12(13,14)15/h5-8H,3-4H2,1-2H3. The average molecular weight is 245 g/mol. The van der Waals surface area contributed by atoms with E-state index < -0.39 is 11.7 Å². The molecule has 0 aliphatic carbocycles. The van der Waals surface area contributed by atoms with E-state index in [1.165, 1.54) is 12.1 Å². The summed E-state index contributed by atoms with van der Waals surface area (Å²) in [5, 5.41) is 0. The minimum Gasteiger partial charge on any atom is -0.372 e. The van der Waals surface area contributed by atoms with Gasteiger partial charge in [-0.1, -0.05) is 0 Å². The molecule has 0 radical (unpaired) electrons. The van der Waals surface area contributed by atoms with Gasteiger partial charge in [-0.05, 0) is 32.0 Å². The van der Waals surface area contributed by atoms with Gasteiger partial charge in [-0.3, -0.25) is 4.79 Å². The van der Waals surface area contributed by atoms with Crippen LogP contribution in [0.15, 0.2) is 18.2 Å². The van der Waals surface area contributed by atoms with Crippen molar-refractivity contribution in [1.82, 2.24) is 0 Å². The molecule has 0 N–H and O–H groups in total. The fourth-order valence-electron chi connectivity index (χ4n) is 1.68. The second-order valence-electron chi connectivity index (χ2n) is 3.56. The Morgan fingerprint density at radius 2 is 1.82 bits per heavy atom. The Morgan fingerprint density at radius 3 is 2.24 bits per heavy atom. The molecule has 0 heterocycles. The first-order chi connectivity index (χ1) is 7.93. The predicted octanol–water partition coefficient (Wildman–Crippen LogP) is 3.36. The molecule has 94 valence electrons. The molecule has 5 heteroatoms. The molecular formula is C12H14F3NO. The fourth-order valence-corrected chi connectivity index (χ4v) is 1.68. The number of rotatable bonds is 4. The summed E-state index contributed by atoms with van der Waals surface area (Å²) in [5.41, 5.74) is -0.724. The number of carbonyl (C=O) groups is 1. The molecule has 1 aromatic rings. The zero-order chi connectivity index (χ0) is 13.1. The number of alkyl halides is 3. The largest absolute Gasteiger partial charge is 0.417 e. The topological polar surface area (TPSA) is 20.3 Å². The number of carbonyl (C=O) groups excluding carboxylic acids is 1. The minimum absolute atomic E-state index is 0.231. The monoisotopic (exact) mass is 245 g/mol. The summed E-state index contributed by atoms with van der Waals surface area (Å²) in [6.07, 6.45) is -4.27. The van der Waals surface area contributed by atoms with Gasteiger partial charge >= 0.3 is 6.18 Å². The lowest BCUT2D eigenvalue weighted by Gasteiger charge is -2.22. The highest BCUT2D eigenvalue weighted by molar-refractivity contribution is 5.79. The average Bonchev–Trinajstić information content (AvgIpc) is 2.29. The first-order valence-corrected chi connectivity index (χ1v) is 5.35. The van der Waals surface area contributed by atoms with Crippen LogP contribution in [-0.2, 0) is 6.18 Å². The van der Waals surface area contributed by atoms with Gasteiger partial charge in [-0.2, -0.15) is 13.2 Å². The molecule has 0 saturated heterocycles. The van der Waals surface area contributed by atoms with Gasteiger partial charge in [0.25, 0.3) is 0 Å². The summed E-state index contributed by atoms with van der Waals surface area (Å²) in [6, 6.07) is 3.77. The van der Waals surface area contributed by atoms with Gasteiger partial charge in [-0.25, -0.2) is 0 Å². The number of nitrogens with zero attached hydrogens (tertiary/aromatic N) is 1. The molecule has 2 nitrogen and oxygen atoms in total. The molecule has 0 unspecified atom stereocenters. The van der Waals surface area contributed by atoms with E-state index in [9.17, 15) is 18.0 Å². The lowest BCUT2D eigenvalue weighted by molar-refractivity contribution is -0.137. The smallest absolute Gasteiger partial charge is 0.372 e. The Labute approximate surface area is 98.0 Å². The molecule has 17 heavy (non-hydrogen) atoms. The maximum absolute atomic E-state index is 12.7. The summed E-state index contributed by atoms with van der Waals surface area (Å²) in [6.45, 7) is 4.97. The quantitative estimate of drug-likeness (QED) is 0.758. The van der Waals surface area contributed by atoms with Gasteiger partial charge < -0.3 is 4.90 Å². The predicted molar refractivity (Wildman–Crippen MR) is 60.4 cm³/mol. The SMILES string of the molecule is CCN(CC)c1ccc(C=O)c(C(F)(F)F)c1. The van der Waals surface area contributed by atoms with Crippen LogP contribution in [0.1, 0.15) is 29.8 Å². The Hall–Kier alpha value is -1.52. The second kappa shape index (κ2) is 5.21. The third kappa shape index (κ3) is 2.99. The maximum Gasteiger partial charge on any atom is 0.417 e. The van der Waals surface area contributed by atoms with Crippen molar-refractivity contribution in [2.24, 2.45) is 0 Å². The first kappa shape index (κ1) is 13.5. The Bertz CT molecular complexity index is 397. The number of benzene rings is 1. The molecule has 0 aliphatic heterocycles. The van der Waals surface area contributed by atoms with Crippen LogP contribution in [0.3, 0.4) is 0 Å². The van der Waals surface area contributed by atoms with Crippen molar-refractivity contribution in [1.29, 1.82) is 0 Å². The lowest BCUT2D eigenvalue weighted by atomic mass is 10.1. The Morgan fingerprint density at radius 1 is 1.24 bits per heavy atom. The number of aldehydes is 1. The van der Waals surface area contributed by atoms with E-state index in [4.69, 9.17) is 0 Å². The molecule has 0 aromatic heterocycles. The third-order valence-electron chi connectivity index (χ3n) is 2.60. The van der Waals surface area contributed by atoms with Gasteiger partial charge in [0, 0.05) is 24.3 Å². The molecule has 0 fully saturated rings. The van der Waals surface area contributed by atoms with Crippen LogP contribution < -0.4 is 4.90 Å². The highest BCUT2D eigenvalue weighted by Crippen LogP contribution is 2.34. The molecule has 1 aromatic carbocycles. The van der Waals surface area contributed by atoms with E-state index in [1.54, 1.807) is 4.90 Å². The lowest BCUT2D eigenvalue weighted by Crippen LogP contribution is -2.22. The number of halogens is 3. The van der Waals surface area contributed by atoms with Crippen LogP contribution in [0.5, 0.6) is 0 Å². The molecule has 0 amide bonds. The van der Waals surface area contributed by atoms with E-state index in [1.807, 2.05) is 13.8 Å².